The van der Waals surface area contributed by atoms with E-state index >= 15 is 0 Å². The van der Waals surface area contributed by atoms with E-state index in [4.69, 9.17) is 5.73 Å². The van der Waals surface area contributed by atoms with Crippen molar-refractivity contribution in [3.8, 4) is 0 Å². The molecule has 2 rings (SSSR count). The molecule has 0 fully saturated rings. The van der Waals surface area contributed by atoms with E-state index in [0.717, 1.165) is 22.0 Å². The van der Waals surface area contributed by atoms with Gasteiger partial charge < -0.3 is 5.73 Å². The molecule has 0 amide bonds. The maximum Gasteiger partial charge on any atom is 0.267 e. The number of aryl methyl sites for hydroxylation is 1. The van der Waals surface area contributed by atoms with Gasteiger partial charge in [0.1, 0.15) is 16.4 Å². The van der Waals surface area contributed by atoms with Crippen molar-refractivity contribution < 1.29 is 17.2 Å². The highest BCUT2D eigenvalue weighted by Gasteiger charge is 2.27. The molecule has 0 spiro atoms. The van der Waals surface area contributed by atoms with Gasteiger partial charge in [-0.1, -0.05) is 12.1 Å². The van der Waals surface area contributed by atoms with Crippen molar-refractivity contribution >= 4 is 21.4 Å². The topological polar surface area (TPSA) is 63.4 Å². The van der Waals surface area contributed by atoms with Gasteiger partial charge in [-0.25, -0.2) is 17.2 Å². The lowest BCUT2D eigenvalue weighted by Gasteiger charge is -2.20. The van der Waals surface area contributed by atoms with Gasteiger partial charge in [0.05, 0.1) is 5.69 Å². The van der Waals surface area contributed by atoms with E-state index in [1.807, 2.05) is 0 Å². The maximum absolute atomic E-state index is 13.9. The minimum Gasteiger partial charge on any atom is -0.394 e. The summed E-state index contributed by atoms with van der Waals surface area (Å²) in [5.41, 5.74) is 5.63. The number of sulfonamides is 1. The molecule has 0 unspecified atom stereocenters. The first kappa shape index (κ1) is 15.2. The van der Waals surface area contributed by atoms with Gasteiger partial charge in [-0.15, -0.1) is 0 Å². The Morgan fingerprint density at radius 3 is 2.43 bits per heavy atom. The molecule has 0 aliphatic carbocycles. The van der Waals surface area contributed by atoms with Crippen LogP contribution in [0.1, 0.15) is 5.56 Å². The summed E-state index contributed by atoms with van der Waals surface area (Å²) in [6.45, 7) is 1.81. The van der Waals surface area contributed by atoms with Crippen LogP contribution in [-0.4, -0.2) is 15.5 Å². The largest absolute Gasteiger partial charge is 0.394 e. The number of anilines is 2. The Balaban J connectivity index is 2.55. The summed E-state index contributed by atoms with van der Waals surface area (Å²) in [4.78, 5) is -0.662. The summed E-state index contributed by atoms with van der Waals surface area (Å²) >= 11 is 0. The number of nitrogens with two attached hydrogens (primary N) is 1. The number of nitrogens with zero attached hydrogens (tertiary/aromatic N) is 1. The Kier molecular flexibility index (Phi) is 3.87. The van der Waals surface area contributed by atoms with Gasteiger partial charge in [0, 0.05) is 7.05 Å². The Bertz CT molecular complexity index is 792. The van der Waals surface area contributed by atoms with E-state index in [1.165, 1.54) is 7.05 Å². The average Bonchev–Trinajstić information content (AvgIpc) is 2.43. The summed E-state index contributed by atoms with van der Waals surface area (Å²) in [6, 6.07) is 8.40. The van der Waals surface area contributed by atoms with E-state index in [0.29, 0.717) is 5.69 Å². The van der Waals surface area contributed by atoms with Crippen LogP contribution < -0.4 is 10.0 Å². The Hall–Kier alpha value is -2.15. The van der Waals surface area contributed by atoms with Gasteiger partial charge in [0.2, 0.25) is 0 Å². The molecule has 2 aromatic rings. The molecule has 2 aromatic carbocycles. The van der Waals surface area contributed by atoms with Crippen molar-refractivity contribution in [1.82, 2.24) is 0 Å². The van der Waals surface area contributed by atoms with Crippen LogP contribution in [-0.2, 0) is 10.0 Å². The third-order valence-electron chi connectivity index (χ3n) is 3.09. The third-order valence-corrected chi connectivity index (χ3v) is 4.90. The summed E-state index contributed by atoms with van der Waals surface area (Å²) in [5.74, 6) is -2.28. The lowest BCUT2D eigenvalue weighted by molar-refractivity contribution is 0.554. The van der Waals surface area contributed by atoms with Crippen molar-refractivity contribution in [2.24, 2.45) is 0 Å². The van der Waals surface area contributed by atoms with Crippen molar-refractivity contribution in [3.05, 3.63) is 53.6 Å². The van der Waals surface area contributed by atoms with E-state index in [-0.39, 0.29) is 0 Å². The standard InChI is InChI=1S/C14H14F2N2O2S/c1-9-4-3-5-10(8-9)18(2)21(19,20)12-7-6-11(15)14(17)13(12)16/h3-8H,17H2,1-2H3. The number of hydrogen-bond acceptors (Lipinski definition) is 3. The summed E-state index contributed by atoms with van der Waals surface area (Å²) in [7, 11) is -2.87. The van der Waals surface area contributed by atoms with Crippen molar-refractivity contribution in [3.63, 3.8) is 0 Å². The van der Waals surface area contributed by atoms with E-state index in [9.17, 15) is 17.2 Å². The fourth-order valence-corrected chi connectivity index (χ4v) is 3.12. The van der Waals surface area contributed by atoms with Crippen LogP contribution in [0.2, 0.25) is 0 Å². The van der Waals surface area contributed by atoms with Crippen molar-refractivity contribution in [2.45, 2.75) is 11.8 Å². The second kappa shape index (κ2) is 5.33. The number of halogens is 2. The molecule has 4 nitrogen and oxygen atoms in total. The van der Waals surface area contributed by atoms with Crippen LogP contribution in [0.4, 0.5) is 20.2 Å². The van der Waals surface area contributed by atoms with Crippen LogP contribution in [0.5, 0.6) is 0 Å². The van der Waals surface area contributed by atoms with Crippen molar-refractivity contribution in [1.29, 1.82) is 0 Å². The average molecular weight is 312 g/mol. The molecular formula is C14H14F2N2O2S. The molecule has 21 heavy (non-hydrogen) atoms. The zero-order valence-electron chi connectivity index (χ0n) is 11.5. The molecule has 0 aromatic heterocycles. The highest BCUT2D eigenvalue weighted by molar-refractivity contribution is 7.92. The molecule has 0 bridgehead atoms. The van der Waals surface area contributed by atoms with Crippen molar-refractivity contribution in [2.75, 3.05) is 17.1 Å². The first-order chi connectivity index (χ1) is 9.75. The maximum atomic E-state index is 13.9. The molecule has 112 valence electrons. The van der Waals surface area contributed by atoms with Crippen LogP contribution in [0.15, 0.2) is 41.3 Å². The molecule has 0 aliphatic rings. The quantitative estimate of drug-likeness (QED) is 0.886. The number of hydrogen-bond donors (Lipinski definition) is 1. The van der Waals surface area contributed by atoms with Crippen LogP contribution in [0.3, 0.4) is 0 Å². The zero-order valence-corrected chi connectivity index (χ0v) is 12.3. The van der Waals surface area contributed by atoms with Gasteiger partial charge in [-0.2, -0.15) is 0 Å². The lowest BCUT2D eigenvalue weighted by Crippen LogP contribution is -2.27. The fraction of sp³-hybridized carbons (Fsp3) is 0.143. The van der Waals surface area contributed by atoms with Gasteiger partial charge in [0.25, 0.3) is 10.0 Å². The zero-order chi connectivity index (χ0) is 15.8. The summed E-state index contributed by atoms with van der Waals surface area (Å²) in [5, 5.41) is 0. The lowest BCUT2D eigenvalue weighted by atomic mass is 10.2. The number of rotatable bonds is 3. The van der Waals surface area contributed by atoms with Gasteiger partial charge in [-0.3, -0.25) is 4.31 Å². The minimum absolute atomic E-state index is 0.372. The predicted molar refractivity (Wildman–Crippen MR) is 77.5 cm³/mol. The first-order valence-electron chi connectivity index (χ1n) is 6.04. The first-order valence-corrected chi connectivity index (χ1v) is 7.48. The molecule has 0 heterocycles. The SMILES string of the molecule is Cc1cccc(N(C)S(=O)(=O)c2ccc(F)c(N)c2F)c1. The van der Waals surface area contributed by atoms with Crippen LogP contribution in [0, 0.1) is 18.6 Å². The fourth-order valence-electron chi connectivity index (χ4n) is 1.86. The second-order valence-electron chi connectivity index (χ2n) is 4.58. The van der Waals surface area contributed by atoms with Crippen LogP contribution in [0.25, 0.3) is 0 Å². The predicted octanol–water partition coefficient (Wildman–Crippen LogP) is 2.68. The summed E-state index contributed by atoms with van der Waals surface area (Å²) in [6.07, 6.45) is 0. The van der Waals surface area contributed by atoms with E-state index in [1.54, 1.807) is 31.2 Å². The molecular weight excluding hydrogens is 298 g/mol. The Morgan fingerprint density at radius 2 is 1.81 bits per heavy atom. The second-order valence-corrected chi connectivity index (χ2v) is 6.52. The minimum atomic E-state index is -4.17. The molecule has 0 saturated heterocycles. The number of benzene rings is 2. The van der Waals surface area contributed by atoms with E-state index < -0.39 is 32.2 Å². The van der Waals surface area contributed by atoms with Gasteiger partial charge >= 0.3 is 0 Å². The molecule has 0 saturated carbocycles. The molecule has 0 atom stereocenters. The molecule has 2 N–H and O–H groups in total. The Morgan fingerprint density at radius 1 is 1.14 bits per heavy atom. The third kappa shape index (κ3) is 2.69. The molecule has 0 aliphatic heterocycles. The van der Waals surface area contributed by atoms with Gasteiger partial charge in [0.15, 0.2) is 5.82 Å². The Labute approximate surface area is 121 Å². The van der Waals surface area contributed by atoms with Crippen LogP contribution >= 0.6 is 0 Å². The molecule has 0 radical (unpaired) electrons. The monoisotopic (exact) mass is 312 g/mol. The van der Waals surface area contributed by atoms with E-state index in [2.05, 4.69) is 0 Å². The summed E-state index contributed by atoms with van der Waals surface area (Å²) < 4.78 is 52.9. The normalized spacial score (nSPS) is 11.4. The molecule has 7 heteroatoms. The highest BCUT2D eigenvalue weighted by atomic mass is 32.2. The van der Waals surface area contributed by atoms with Gasteiger partial charge in [-0.05, 0) is 36.8 Å². The number of nitrogen functional groups attached to an aromatic ring is 1. The smallest absolute Gasteiger partial charge is 0.267 e. The highest BCUT2D eigenvalue weighted by Crippen LogP contribution is 2.28.